The summed E-state index contributed by atoms with van der Waals surface area (Å²) in [6.07, 6.45) is 5.25. The highest BCUT2D eigenvalue weighted by molar-refractivity contribution is 5.83. The van der Waals surface area contributed by atoms with Crippen LogP contribution in [0.4, 0.5) is 0 Å². The van der Waals surface area contributed by atoms with Crippen LogP contribution >= 0.6 is 0 Å². The van der Waals surface area contributed by atoms with Gasteiger partial charge in [0, 0.05) is 17.5 Å². The van der Waals surface area contributed by atoms with Crippen molar-refractivity contribution >= 4 is 5.91 Å². The normalized spacial score (nSPS) is 17.4. The van der Waals surface area contributed by atoms with E-state index in [2.05, 4.69) is 19.2 Å². The van der Waals surface area contributed by atoms with E-state index in [9.17, 15) is 9.90 Å². The van der Waals surface area contributed by atoms with E-state index in [0.717, 1.165) is 37.7 Å². The average Bonchev–Trinajstić information content (AvgIpc) is 2.86. The lowest BCUT2D eigenvalue weighted by molar-refractivity contribution is -0.132. The summed E-state index contributed by atoms with van der Waals surface area (Å²) < 4.78 is 0. The molecule has 0 bridgehead atoms. The summed E-state index contributed by atoms with van der Waals surface area (Å²) >= 11 is 0. The van der Waals surface area contributed by atoms with E-state index in [1.165, 1.54) is 0 Å². The van der Waals surface area contributed by atoms with Crippen LogP contribution in [0.15, 0.2) is 24.3 Å². The van der Waals surface area contributed by atoms with Crippen LogP contribution in [0.25, 0.3) is 0 Å². The second-order valence-electron chi connectivity index (χ2n) is 6.40. The second-order valence-corrected chi connectivity index (χ2v) is 6.40. The molecular formula is C17H25NO2. The molecule has 0 saturated heterocycles. The van der Waals surface area contributed by atoms with E-state index in [1.54, 1.807) is 12.1 Å². The molecule has 1 aromatic rings. The van der Waals surface area contributed by atoms with Crippen LogP contribution < -0.4 is 5.32 Å². The summed E-state index contributed by atoms with van der Waals surface area (Å²) in [6.45, 7) is 4.76. The van der Waals surface area contributed by atoms with Crippen molar-refractivity contribution in [2.45, 2.75) is 52.5 Å². The Morgan fingerprint density at radius 1 is 1.30 bits per heavy atom. The highest BCUT2D eigenvalue weighted by atomic mass is 16.3. The summed E-state index contributed by atoms with van der Waals surface area (Å²) in [6, 6.07) is 7.17. The minimum absolute atomic E-state index is 0.159. The summed E-state index contributed by atoms with van der Waals surface area (Å²) in [7, 11) is 0. The molecule has 1 aliphatic carbocycles. The van der Waals surface area contributed by atoms with Gasteiger partial charge >= 0.3 is 0 Å². The number of hydrogen-bond donors (Lipinski definition) is 2. The van der Waals surface area contributed by atoms with Crippen molar-refractivity contribution in [1.29, 1.82) is 0 Å². The van der Waals surface area contributed by atoms with Crippen molar-refractivity contribution in [1.82, 2.24) is 5.32 Å². The molecule has 1 fully saturated rings. The molecule has 0 heterocycles. The first-order valence-corrected chi connectivity index (χ1v) is 7.59. The number of amides is 1. The van der Waals surface area contributed by atoms with E-state index in [1.807, 2.05) is 12.1 Å². The fraction of sp³-hybridized carbons (Fsp3) is 0.588. The number of aromatic hydroxyl groups is 1. The third-order valence-electron chi connectivity index (χ3n) is 4.27. The van der Waals surface area contributed by atoms with Gasteiger partial charge < -0.3 is 10.4 Å². The maximum Gasteiger partial charge on any atom is 0.226 e. The molecule has 110 valence electrons. The lowest BCUT2D eigenvalue weighted by atomic mass is 9.77. The molecule has 2 N–H and O–H groups in total. The minimum atomic E-state index is -0.182. The molecule has 3 heteroatoms. The first-order valence-electron chi connectivity index (χ1n) is 7.59. The number of carbonyl (C=O) groups is 1. The molecule has 0 unspecified atom stereocenters. The smallest absolute Gasteiger partial charge is 0.226 e. The first kappa shape index (κ1) is 14.9. The number of para-hydroxylation sites is 1. The van der Waals surface area contributed by atoms with Crippen LogP contribution in [-0.4, -0.2) is 11.0 Å². The molecule has 1 amide bonds. The highest BCUT2D eigenvalue weighted by Crippen LogP contribution is 2.43. The Morgan fingerprint density at radius 2 is 1.95 bits per heavy atom. The zero-order valence-corrected chi connectivity index (χ0v) is 12.5. The summed E-state index contributed by atoms with van der Waals surface area (Å²) in [5, 5.41) is 12.8. The number of rotatable bonds is 5. The molecule has 1 aliphatic rings. The van der Waals surface area contributed by atoms with E-state index in [4.69, 9.17) is 0 Å². The summed E-state index contributed by atoms with van der Waals surface area (Å²) in [5.74, 6) is 0.938. The maximum absolute atomic E-state index is 12.6. The Kier molecular flexibility index (Phi) is 4.69. The van der Waals surface area contributed by atoms with E-state index in [0.29, 0.717) is 12.5 Å². The predicted octanol–water partition coefficient (Wildman–Crippen LogP) is 3.61. The molecule has 3 nitrogen and oxygen atoms in total. The van der Waals surface area contributed by atoms with Crippen molar-refractivity contribution in [2.75, 3.05) is 0 Å². The lowest BCUT2D eigenvalue weighted by Crippen LogP contribution is -2.39. The van der Waals surface area contributed by atoms with Crippen molar-refractivity contribution in [3.63, 3.8) is 0 Å². The van der Waals surface area contributed by atoms with Gasteiger partial charge in [-0.05, 0) is 31.2 Å². The Bertz CT molecular complexity index is 462. The molecule has 0 aliphatic heterocycles. The van der Waals surface area contributed by atoms with Gasteiger partial charge in [-0.15, -0.1) is 0 Å². The van der Waals surface area contributed by atoms with E-state index in [-0.39, 0.29) is 17.1 Å². The van der Waals surface area contributed by atoms with Gasteiger partial charge in [-0.25, -0.2) is 0 Å². The minimum Gasteiger partial charge on any atom is -0.508 e. The summed E-state index contributed by atoms with van der Waals surface area (Å²) in [4.78, 5) is 12.6. The molecular weight excluding hydrogens is 250 g/mol. The Balaban J connectivity index is 2.01. The fourth-order valence-corrected chi connectivity index (χ4v) is 3.38. The standard InChI is InChI=1S/C17H25NO2/c1-13(2)11-17(9-5-6-10-17)16(20)18-12-14-7-3-4-8-15(14)19/h3-4,7-8,13,19H,5-6,9-12H2,1-2H3,(H,18,20). The van der Waals surface area contributed by atoms with Crippen LogP contribution in [-0.2, 0) is 11.3 Å². The van der Waals surface area contributed by atoms with Crippen molar-refractivity contribution < 1.29 is 9.90 Å². The van der Waals surface area contributed by atoms with Crippen LogP contribution in [0.1, 0.15) is 51.5 Å². The van der Waals surface area contributed by atoms with Crippen LogP contribution in [0.5, 0.6) is 5.75 Å². The molecule has 0 radical (unpaired) electrons. The largest absolute Gasteiger partial charge is 0.508 e. The molecule has 0 atom stereocenters. The number of phenols is 1. The van der Waals surface area contributed by atoms with Gasteiger partial charge in [0.25, 0.3) is 0 Å². The van der Waals surface area contributed by atoms with Crippen molar-refractivity contribution in [3.8, 4) is 5.75 Å². The van der Waals surface area contributed by atoms with Crippen LogP contribution in [0.3, 0.4) is 0 Å². The molecule has 0 aromatic heterocycles. The molecule has 20 heavy (non-hydrogen) atoms. The molecule has 1 saturated carbocycles. The monoisotopic (exact) mass is 275 g/mol. The molecule has 2 rings (SSSR count). The number of phenolic OH excluding ortho intramolecular Hbond substituents is 1. The van der Waals surface area contributed by atoms with E-state index < -0.39 is 0 Å². The summed E-state index contributed by atoms with van der Waals surface area (Å²) in [5.41, 5.74) is 0.594. The van der Waals surface area contributed by atoms with Gasteiger partial charge in [0.15, 0.2) is 0 Å². The van der Waals surface area contributed by atoms with Gasteiger partial charge in [-0.2, -0.15) is 0 Å². The Hall–Kier alpha value is -1.51. The molecule has 1 aromatic carbocycles. The van der Waals surface area contributed by atoms with Gasteiger partial charge in [0.05, 0.1) is 0 Å². The zero-order valence-electron chi connectivity index (χ0n) is 12.5. The van der Waals surface area contributed by atoms with Crippen molar-refractivity contribution in [3.05, 3.63) is 29.8 Å². The predicted molar refractivity (Wildman–Crippen MR) is 80.3 cm³/mol. The van der Waals surface area contributed by atoms with Gasteiger partial charge in [-0.3, -0.25) is 4.79 Å². The first-order chi connectivity index (χ1) is 9.53. The third kappa shape index (κ3) is 3.33. The van der Waals surface area contributed by atoms with Crippen LogP contribution in [0.2, 0.25) is 0 Å². The molecule has 0 spiro atoms. The fourth-order valence-electron chi connectivity index (χ4n) is 3.38. The third-order valence-corrected chi connectivity index (χ3v) is 4.27. The van der Waals surface area contributed by atoms with Gasteiger partial charge in [0.1, 0.15) is 5.75 Å². The SMILES string of the molecule is CC(C)CC1(C(=O)NCc2ccccc2O)CCCC1. The Morgan fingerprint density at radius 3 is 2.55 bits per heavy atom. The number of nitrogens with one attached hydrogen (secondary N) is 1. The zero-order chi connectivity index (χ0) is 14.6. The van der Waals surface area contributed by atoms with Crippen molar-refractivity contribution in [2.24, 2.45) is 11.3 Å². The van der Waals surface area contributed by atoms with Gasteiger partial charge in [0.2, 0.25) is 5.91 Å². The second kappa shape index (κ2) is 6.29. The maximum atomic E-state index is 12.6. The lowest BCUT2D eigenvalue weighted by Gasteiger charge is -2.29. The number of benzene rings is 1. The highest BCUT2D eigenvalue weighted by Gasteiger charge is 2.41. The van der Waals surface area contributed by atoms with Gasteiger partial charge in [-0.1, -0.05) is 44.9 Å². The van der Waals surface area contributed by atoms with Crippen LogP contribution in [0, 0.1) is 11.3 Å². The Labute approximate surface area is 121 Å². The quantitative estimate of drug-likeness (QED) is 0.862. The average molecular weight is 275 g/mol. The number of hydrogen-bond acceptors (Lipinski definition) is 2. The van der Waals surface area contributed by atoms with E-state index >= 15 is 0 Å². The topological polar surface area (TPSA) is 49.3 Å². The number of carbonyl (C=O) groups excluding carboxylic acids is 1.